The Balaban J connectivity index is 2.65. The average molecular weight is 377 g/mol. The molecule has 0 spiro atoms. The minimum Gasteiger partial charge on any atom is -0.396 e. The van der Waals surface area contributed by atoms with Crippen molar-refractivity contribution in [1.82, 2.24) is 10.6 Å². The van der Waals surface area contributed by atoms with Crippen molar-refractivity contribution in [3.05, 3.63) is 35.9 Å². The van der Waals surface area contributed by atoms with Crippen LogP contribution in [0.1, 0.15) is 32.3 Å². The molecule has 1 aromatic carbocycles. The zero-order valence-electron chi connectivity index (χ0n) is 16.1. The lowest BCUT2D eigenvalue weighted by Gasteiger charge is -2.24. The van der Waals surface area contributed by atoms with Gasteiger partial charge in [0.15, 0.2) is 0 Å². The molecular weight excluding hydrogens is 346 g/mol. The third kappa shape index (κ3) is 7.88. The Morgan fingerprint density at radius 2 is 1.85 bits per heavy atom. The van der Waals surface area contributed by atoms with Crippen LogP contribution in [-0.2, 0) is 20.8 Å². The maximum atomic E-state index is 12.5. The molecule has 150 valence electrons. The number of rotatable bonds is 12. The van der Waals surface area contributed by atoms with E-state index in [1.165, 1.54) is 0 Å². The highest BCUT2D eigenvalue weighted by Gasteiger charge is 2.27. The molecule has 0 saturated carbocycles. The van der Waals surface area contributed by atoms with E-state index in [0.717, 1.165) is 5.56 Å². The van der Waals surface area contributed by atoms with Gasteiger partial charge in [-0.2, -0.15) is 0 Å². The summed E-state index contributed by atoms with van der Waals surface area (Å²) in [6.45, 7) is 3.69. The minimum atomic E-state index is -0.697. The number of carbonyl (C=O) groups is 3. The molecule has 7 heteroatoms. The van der Waals surface area contributed by atoms with Gasteiger partial charge in [-0.3, -0.25) is 14.4 Å². The van der Waals surface area contributed by atoms with Gasteiger partial charge < -0.3 is 21.5 Å². The lowest BCUT2D eigenvalue weighted by atomic mass is 9.96. The largest absolute Gasteiger partial charge is 0.396 e. The molecule has 0 bridgehead atoms. The average Bonchev–Trinajstić information content (AvgIpc) is 2.66. The number of ketones is 1. The van der Waals surface area contributed by atoms with Crippen molar-refractivity contribution in [3.8, 4) is 0 Å². The fourth-order valence-electron chi connectivity index (χ4n) is 2.63. The summed E-state index contributed by atoms with van der Waals surface area (Å²) in [5, 5.41) is 14.9. The van der Waals surface area contributed by atoms with Crippen molar-refractivity contribution < 1.29 is 19.5 Å². The van der Waals surface area contributed by atoms with Gasteiger partial charge in [0.25, 0.3) is 0 Å². The molecule has 1 rings (SSSR count). The number of hydrogen-bond donors (Lipinski definition) is 4. The molecule has 0 aliphatic rings. The Morgan fingerprint density at radius 3 is 2.41 bits per heavy atom. The normalized spacial score (nSPS) is 14.1. The lowest BCUT2D eigenvalue weighted by Crippen LogP contribution is -2.51. The van der Waals surface area contributed by atoms with Crippen molar-refractivity contribution >= 4 is 17.6 Å². The van der Waals surface area contributed by atoms with Crippen molar-refractivity contribution in [2.45, 2.75) is 39.2 Å². The van der Waals surface area contributed by atoms with Crippen LogP contribution in [0.4, 0.5) is 0 Å². The van der Waals surface area contributed by atoms with Crippen LogP contribution in [0.15, 0.2) is 30.3 Å². The van der Waals surface area contributed by atoms with Crippen LogP contribution in [0.2, 0.25) is 0 Å². The zero-order chi connectivity index (χ0) is 20.2. The summed E-state index contributed by atoms with van der Waals surface area (Å²) >= 11 is 0. The van der Waals surface area contributed by atoms with Crippen LogP contribution < -0.4 is 16.4 Å². The molecule has 7 nitrogen and oxygen atoms in total. The number of amides is 2. The van der Waals surface area contributed by atoms with E-state index in [1.54, 1.807) is 0 Å². The van der Waals surface area contributed by atoms with Crippen LogP contribution in [0.3, 0.4) is 0 Å². The van der Waals surface area contributed by atoms with Gasteiger partial charge >= 0.3 is 0 Å². The maximum Gasteiger partial charge on any atom is 0.242 e. The highest BCUT2D eigenvalue weighted by molar-refractivity contribution is 5.89. The number of aliphatic hydroxyl groups excluding tert-OH is 1. The number of hydrogen-bond acceptors (Lipinski definition) is 5. The van der Waals surface area contributed by atoms with E-state index >= 15 is 0 Å². The predicted molar refractivity (Wildman–Crippen MR) is 104 cm³/mol. The van der Waals surface area contributed by atoms with E-state index in [0.29, 0.717) is 6.42 Å². The molecule has 3 atom stereocenters. The fourth-order valence-corrected chi connectivity index (χ4v) is 2.63. The second-order valence-electron chi connectivity index (χ2n) is 6.72. The smallest absolute Gasteiger partial charge is 0.242 e. The molecule has 0 saturated heterocycles. The van der Waals surface area contributed by atoms with Crippen molar-refractivity contribution in [2.24, 2.45) is 17.6 Å². The maximum absolute atomic E-state index is 12.5. The fraction of sp³-hybridized carbons (Fsp3) is 0.550. The predicted octanol–water partition coefficient (Wildman–Crippen LogP) is 0.403. The molecular formula is C20H31N3O4. The Kier molecular flexibility index (Phi) is 10.3. The highest BCUT2D eigenvalue weighted by Crippen LogP contribution is 2.10. The Labute approximate surface area is 160 Å². The van der Waals surface area contributed by atoms with Gasteiger partial charge in [-0.25, -0.2) is 0 Å². The van der Waals surface area contributed by atoms with Crippen LogP contribution in [-0.4, -0.2) is 48.4 Å². The van der Waals surface area contributed by atoms with Gasteiger partial charge in [0, 0.05) is 25.9 Å². The van der Waals surface area contributed by atoms with Crippen LogP contribution in [0.5, 0.6) is 0 Å². The molecule has 0 aliphatic heterocycles. The molecule has 2 amide bonds. The van der Waals surface area contributed by atoms with E-state index in [-0.39, 0.29) is 56.1 Å². The molecule has 0 fully saturated rings. The monoisotopic (exact) mass is 377 g/mol. The van der Waals surface area contributed by atoms with Gasteiger partial charge in [-0.15, -0.1) is 0 Å². The standard InChI is InChI=1S/C20H31N3O4/c1-3-14(2)19(23-18(26)9-10-21)20(27)22-12-16(13-24)17(25)11-15-7-5-4-6-8-15/h4-8,14,16,19,24H,3,9-13,21H2,1-2H3,(H,22,27)(H,23,26). The highest BCUT2D eigenvalue weighted by atomic mass is 16.3. The minimum absolute atomic E-state index is 0.0285. The van der Waals surface area contributed by atoms with Crippen molar-refractivity contribution in [2.75, 3.05) is 19.7 Å². The first-order valence-electron chi connectivity index (χ1n) is 9.37. The molecule has 0 heterocycles. The summed E-state index contributed by atoms with van der Waals surface area (Å²) in [5.74, 6) is -1.54. The first kappa shape index (κ1) is 22.8. The number of benzene rings is 1. The first-order chi connectivity index (χ1) is 12.9. The molecule has 1 aromatic rings. The molecule has 0 aromatic heterocycles. The molecule has 27 heavy (non-hydrogen) atoms. The Morgan fingerprint density at radius 1 is 1.19 bits per heavy atom. The van der Waals surface area contributed by atoms with E-state index in [4.69, 9.17) is 5.73 Å². The van der Waals surface area contributed by atoms with Crippen LogP contribution in [0.25, 0.3) is 0 Å². The Hall–Kier alpha value is -2.25. The van der Waals surface area contributed by atoms with E-state index < -0.39 is 12.0 Å². The number of nitrogens with two attached hydrogens (primary N) is 1. The molecule has 0 radical (unpaired) electrons. The number of nitrogens with one attached hydrogen (secondary N) is 2. The SMILES string of the molecule is CCC(C)C(NC(=O)CCN)C(=O)NCC(CO)C(=O)Cc1ccccc1. The van der Waals surface area contributed by atoms with Crippen LogP contribution in [0, 0.1) is 11.8 Å². The van der Waals surface area contributed by atoms with Gasteiger partial charge in [-0.1, -0.05) is 50.6 Å². The van der Waals surface area contributed by atoms with Gasteiger partial charge in [0.05, 0.1) is 12.5 Å². The number of carbonyl (C=O) groups excluding carboxylic acids is 3. The topological polar surface area (TPSA) is 122 Å². The van der Waals surface area contributed by atoms with Gasteiger partial charge in [-0.05, 0) is 11.5 Å². The summed E-state index contributed by atoms with van der Waals surface area (Å²) in [6, 6.07) is 8.55. The third-order valence-electron chi connectivity index (χ3n) is 4.60. The summed E-state index contributed by atoms with van der Waals surface area (Å²) in [7, 11) is 0. The van der Waals surface area contributed by atoms with E-state index in [1.807, 2.05) is 44.2 Å². The Bertz CT molecular complexity index is 607. The number of aliphatic hydroxyl groups is 1. The second-order valence-corrected chi connectivity index (χ2v) is 6.72. The summed E-state index contributed by atoms with van der Waals surface area (Å²) in [5.41, 5.74) is 6.24. The zero-order valence-corrected chi connectivity index (χ0v) is 16.1. The lowest BCUT2D eigenvalue weighted by molar-refractivity contribution is -0.131. The quantitative estimate of drug-likeness (QED) is 0.420. The molecule has 3 unspecified atom stereocenters. The van der Waals surface area contributed by atoms with Gasteiger partial charge in [0.2, 0.25) is 11.8 Å². The third-order valence-corrected chi connectivity index (χ3v) is 4.60. The summed E-state index contributed by atoms with van der Waals surface area (Å²) < 4.78 is 0. The first-order valence-corrected chi connectivity index (χ1v) is 9.37. The second kappa shape index (κ2) is 12.2. The van der Waals surface area contributed by atoms with E-state index in [9.17, 15) is 19.5 Å². The van der Waals surface area contributed by atoms with Crippen molar-refractivity contribution in [3.63, 3.8) is 0 Å². The number of Topliss-reactive ketones (excluding diaryl/α,β-unsaturated/α-hetero) is 1. The summed E-state index contributed by atoms with van der Waals surface area (Å²) in [4.78, 5) is 36.7. The summed E-state index contributed by atoms with van der Waals surface area (Å²) in [6.07, 6.45) is 1.05. The van der Waals surface area contributed by atoms with Gasteiger partial charge in [0.1, 0.15) is 11.8 Å². The van der Waals surface area contributed by atoms with E-state index in [2.05, 4.69) is 10.6 Å². The van der Waals surface area contributed by atoms with Crippen LogP contribution >= 0.6 is 0 Å². The molecule has 0 aliphatic carbocycles. The molecule has 5 N–H and O–H groups in total. The van der Waals surface area contributed by atoms with Crippen molar-refractivity contribution in [1.29, 1.82) is 0 Å².